The molecule has 0 saturated heterocycles. The average Bonchev–Trinajstić information content (AvgIpc) is 2.47. The molecule has 0 aliphatic rings. The largest absolute Gasteiger partial charge is 0.338 e. The second-order valence-electron chi connectivity index (χ2n) is 5.03. The first kappa shape index (κ1) is 16.8. The van der Waals surface area contributed by atoms with Crippen LogP contribution in [0.2, 0.25) is 0 Å². The van der Waals surface area contributed by atoms with Gasteiger partial charge in [-0.2, -0.15) is 0 Å². The molecule has 0 fully saturated rings. The minimum absolute atomic E-state index is 0.102. The first-order valence-corrected chi connectivity index (χ1v) is 8.14. The molecular weight excluding hydrogens is 323 g/mol. The lowest BCUT2D eigenvalue weighted by Crippen LogP contribution is -2.21. The molecule has 0 aliphatic heterocycles. The van der Waals surface area contributed by atoms with E-state index < -0.39 is 17.2 Å². The SMILES string of the molecule is Cc1ccc([N+](=O)[O-])cc1P(=O)(O)c1cc([N+](=O)[O-])ccc1C. The van der Waals surface area contributed by atoms with Crippen LogP contribution in [0, 0.1) is 34.1 Å². The van der Waals surface area contributed by atoms with E-state index in [2.05, 4.69) is 0 Å². The minimum Gasteiger partial charge on any atom is -0.338 e. The Morgan fingerprint density at radius 1 is 0.870 bits per heavy atom. The smallest absolute Gasteiger partial charge is 0.270 e. The van der Waals surface area contributed by atoms with E-state index in [1.165, 1.54) is 24.3 Å². The third-order valence-corrected chi connectivity index (χ3v) is 5.73. The predicted octanol–water partition coefficient (Wildman–Crippen LogP) is 2.34. The van der Waals surface area contributed by atoms with Crippen LogP contribution in [-0.2, 0) is 4.57 Å². The number of benzene rings is 2. The summed E-state index contributed by atoms with van der Waals surface area (Å²) >= 11 is 0. The van der Waals surface area contributed by atoms with Crippen molar-refractivity contribution in [3.8, 4) is 0 Å². The van der Waals surface area contributed by atoms with Gasteiger partial charge in [0, 0.05) is 24.3 Å². The van der Waals surface area contributed by atoms with Gasteiger partial charge in [0.25, 0.3) is 18.7 Å². The molecular formula is C14H13N2O6P. The minimum atomic E-state index is -4.21. The summed E-state index contributed by atoms with van der Waals surface area (Å²) in [5.74, 6) is 0. The highest BCUT2D eigenvalue weighted by molar-refractivity contribution is 7.73. The Balaban J connectivity index is 2.70. The highest BCUT2D eigenvalue weighted by atomic mass is 31.2. The molecule has 23 heavy (non-hydrogen) atoms. The Morgan fingerprint density at radius 2 is 1.22 bits per heavy atom. The van der Waals surface area contributed by atoms with Crippen molar-refractivity contribution in [2.24, 2.45) is 0 Å². The van der Waals surface area contributed by atoms with Crippen LogP contribution in [0.15, 0.2) is 36.4 Å². The Labute approximate surface area is 131 Å². The molecule has 0 amide bonds. The molecule has 0 heterocycles. The van der Waals surface area contributed by atoms with E-state index >= 15 is 0 Å². The number of hydrogen-bond acceptors (Lipinski definition) is 5. The van der Waals surface area contributed by atoms with Crippen molar-refractivity contribution in [2.75, 3.05) is 0 Å². The van der Waals surface area contributed by atoms with Crippen molar-refractivity contribution in [1.29, 1.82) is 0 Å². The zero-order chi connectivity index (χ0) is 17.4. The predicted molar refractivity (Wildman–Crippen MR) is 84.8 cm³/mol. The van der Waals surface area contributed by atoms with Gasteiger partial charge in [-0.15, -0.1) is 0 Å². The van der Waals surface area contributed by atoms with Crippen LogP contribution in [0.4, 0.5) is 11.4 Å². The molecule has 0 bridgehead atoms. The Bertz CT molecular complexity index is 797. The summed E-state index contributed by atoms with van der Waals surface area (Å²) in [7, 11) is -4.21. The molecule has 0 atom stereocenters. The van der Waals surface area contributed by atoms with E-state index in [1.54, 1.807) is 13.8 Å². The molecule has 0 unspecified atom stereocenters. The van der Waals surface area contributed by atoms with Gasteiger partial charge in [0.1, 0.15) is 0 Å². The lowest BCUT2D eigenvalue weighted by Gasteiger charge is -2.16. The first-order chi connectivity index (χ1) is 10.6. The number of hydrogen-bond donors (Lipinski definition) is 1. The van der Waals surface area contributed by atoms with Gasteiger partial charge in [-0.05, 0) is 25.0 Å². The summed E-state index contributed by atoms with van der Waals surface area (Å²) in [6.45, 7) is 3.10. The van der Waals surface area contributed by atoms with E-state index in [9.17, 15) is 29.7 Å². The van der Waals surface area contributed by atoms with Crippen LogP contribution >= 0.6 is 7.37 Å². The lowest BCUT2D eigenvalue weighted by molar-refractivity contribution is -0.384. The normalized spacial score (nSPS) is 11.3. The molecule has 2 aromatic rings. The standard InChI is InChI=1S/C14H13N2O6P/c1-9-3-5-11(15(17)18)7-13(9)23(21,22)14-8-12(16(19)20)6-4-10(14)2/h3-8H,1-2H3,(H,21,22). The van der Waals surface area contributed by atoms with Crippen molar-refractivity contribution in [2.45, 2.75) is 13.8 Å². The van der Waals surface area contributed by atoms with Crippen molar-refractivity contribution in [3.05, 3.63) is 67.8 Å². The molecule has 0 radical (unpaired) electrons. The summed E-state index contributed by atoms with van der Waals surface area (Å²) in [5, 5.41) is 21.6. The molecule has 1 N–H and O–H groups in total. The summed E-state index contributed by atoms with van der Waals surface area (Å²) in [4.78, 5) is 31.0. The fraction of sp³-hybridized carbons (Fsp3) is 0.143. The number of non-ortho nitro benzene ring substituents is 2. The molecule has 8 nitrogen and oxygen atoms in total. The van der Waals surface area contributed by atoms with E-state index in [0.29, 0.717) is 11.1 Å². The van der Waals surface area contributed by atoms with Crippen molar-refractivity contribution >= 4 is 29.4 Å². The summed E-state index contributed by atoms with van der Waals surface area (Å²) in [5.41, 5.74) is 0.158. The van der Waals surface area contributed by atoms with Crippen LogP contribution in [0.5, 0.6) is 0 Å². The Kier molecular flexibility index (Phi) is 4.31. The second kappa shape index (κ2) is 5.91. The van der Waals surface area contributed by atoms with Gasteiger partial charge in [0.2, 0.25) is 0 Å². The van der Waals surface area contributed by atoms with Gasteiger partial charge in [0.15, 0.2) is 0 Å². The number of rotatable bonds is 4. The number of nitro benzene ring substituents is 2. The van der Waals surface area contributed by atoms with Gasteiger partial charge in [-0.25, -0.2) is 0 Å². The maximum absolute atomic E-state index is 12.9. The molecule has 2 aromatic carbocycles. The zero-order valence-corrected chi connectivity index (χ0v) is 13.2. The Hall–Kier alpha value is -2.57. The molecule has 0 spiro atoms. The maximum Gasteiger partial charge on any atom is 0.270 e. The molecule has 0 aliphatic carbocycles. The van der Waals surface area contributed by atoms with E-state index in [1.807, 2.05) is 0 Å². The first-order valence-electron chi connectivity index (χ1n) is 6.48. The van der Waals surface area contributed by atoms with Crippen LogP contribution in [0.25, 0.3) is 0 Å². The van der Waals surface area contributed by atoms with Crippen LogP contribution in [-0.4, -0.2) is 14.7 Å². The Morgan fingerprint density at radius 3 is 1.52 bits per heavy atom. The van der Waals surface area contributed by atoms with Gasteiger partial charge >= 0.3 is 0 Å². The van der Waals surface area contributed by atoms with Crippen LogP contribution in [0.3, 0.4) is 0 Å². The van der Waals surface area contributed by atoms with Gasteiger partial charge in [0.05, 0.1) is 20.5 Å². The van der Waals surface area contributed by atoms with Crippen LogP contribution in [0.1, 0.15) is 11.1 Å². The third-order valence-electron chi connectivity index (χ3n) is 3.46. The monoisotopic (exact) mass is 336 g/mol. The van der Waals surface area contributed by atoms with Crippen LogP contribution < -0.4 is 10.6 Å². The van der Waals surface area contributed by atoms with Gasteiger partial charge in [-0.1, -0.05) is 12.1 Å². The van der Waals surface area contributed by atoms with Crippen molar-refractivity contribution < 1.29 is 19.3 Å². The number of nitrogens with zero attached hydrogens (tertiary/aromatic N) is 2. The molecule has 0 aromatic heterocycles. The van der Waals surface area contributed by atoms with E-state index in [0.717, 1.165) is 12.1 Å². The second-order valence-corrected chi connectivity index (χ2v) is 7.15. The summed E-state index contributed by atoms with van der Waals surface area (Å²) in [6, 6.07) is 7.30. The lowest BCUT2D eigenvalue weighted by atomic mass is 10.2. The van der Waals surface area contributed by atoms with Gasteiger partial charge < -0.3 is 4.89 Å². The topological polar surface area (TPSA) is 124 Å². The quantitative estimate of drug-likeness (QED) is 0.519. The van der Waals surface area contributed by atoms with Gasteiger partial charge in [-0.3, -0.25) is 24.8 Å². The highest BCUT2D eigenvalue weighted by Crippen LogP contribution is 2.42. The van der Waals surface area contributed by atoms with Crippen molar-refractivity contribution in [3.63, 3.8) is 0 Å². The third kappa shape index (κ3) is 3.13. The summed E-state index contributed by atoms with van der Waals surface area (Å²) < 4.78 is 12.9. The fourth-order valence-corrected chi connectivity index (χ4v) is 4.18. The van der Waals surface area contributed by atoms with E-state index in [-0.39, 0.29) is 22.0 Å². The molecule has 120 valence electrons. The number of nitro groups is 2. The maximum atomic E-state index is 12.9. The number of aryl methyl sites for hydroxylation is 2. The highest BCUT2D eigenvalue weighted by Gasteiger charge is 2.31. The fourth-order valence-electron chi connectivity index (χ4n) is 2.21. The van der Waals surface area contributed by atoms with Crippen molar-refractivity contribution in [1.82, 2.24) is 0 Å². The molecule has 9 heteroatoms. The zero-order valence-electron chi connectivity index (χ0n) is 12.3. The van der Waals surface area contributed by atoms with E-state index in [4.69, 9.17) is 0 Å². The molecule has 2 rings (SSSR count). The molecule has 0 saturated carbocycles. The summed E-state index contributed by atoms with van der Waals surface area (Å²) in [6.07, 6.45) is 0. The average molecular weight is 336 g/mol.